The average Bonchev–Trinajstić information content (AvgIpc) is 3.40. The molecular formula is C19H19N3O4S3. The van der Waals surface area contributed by atoms with Crippen molar-refractivity contribution in [1.82, 2.24) is 9.29 Å². The van der Waals surface area contributed by atoms with Crippen molar-refractivity contribution in [2.75, 3.05) is 31.6 Å². The number of carbonyl (C=O) groups excluding carboxylic acids is 1. The van der Waals surface area contributed by atoms with E-state index in [-0.39, 0.29) is 10.8 Å². The standard InChI is InChI=1S/C19H19N3O4S3/c1-13-4-5-14(29(24,25)22-6-8-26-9-7-22)11-15(13)18(23)21-19-20-16(12-28-19)17-3-2-10-27-17/h2-5,10-12H,6-9H2,1H3,(H,20,21,23). The highest BCUT2D eigenvalue weighted by Crippen LogP contribution is 2.29. The second-order valence-electron chi connectivity index (χ2n) is 6.46. The number of morpholine rings is 1. The minimum atomic E-state index is -3.67. The number of aromatic nitrogens is 1. The van der Waals surface area contributed by atoms with Gasteiger partial charge in [0.15, 0.2) is 5.13 Å². The summed E-state index contributed by atoms with van der Waals surface area (Å²) in [4.78, 5) is 18.4. The number of nitrogens with zero attached hydrogens (tertiary/aromatic N) is 2. The van der Waals surface area contributed by atoms with E-state index >= 15 is 0 Å². The number of thiazole rings is 1. The summed E-state index contributed by atoms with van der Waals surface area (Å²) in [5.74, 6) is -0.381. The first-order valence-electron chi connectivity index (χ1n) is 8.94. The third-order valence-corrected chi connectivity index (χ3v) is 8.10. The molecule has 7 nitrogen and oxygen atoms in total. The van der Waals surface area contributed by atoms with Crippen molar-refractivity contribution in [3.8, 4) is 10.6 Å². The zero-order chi connectivity index (χ0) is 20.4. The predicted octanol–water partition coefficient (Wildman–Crippen LogP) is 3.45. The van der Waals surface area contributed by atoms with Crippen molar-refractivity contribution in [2.45, 2.75) is 11.8 Å². The Morgan fingerprint density at radius 1 is 1.21 bits per heavy atom. The van der Waals surface area contributed by atoms with Crippen LogP contribution in [0, 0.1) is 6.92 Å². The fourth-order valence-corrected chi connectivity index (χ4v) is 5.88. The van der Waals surface area contributed by atoms with Gasteiger partial charge in [0, 0.05) is 24.0 Å². The molecule has 1 amide bonds. The number of rotatable bonds is 5. The third kappa shape index (κ3) is 4.26. The predicted molar refractivity (Wildman–Crippen MR) is 114 cm³/mol. The van der Waals surface area contributed by atoms with E-state index in [0.29, 0.717) is 42.6 Å². The van der Waals surface area contributed by atoms with Gasteiger partial charge in [0.05, 0.1) is 28.7 Å². The van der Waals surface area contributed by atoms with Crippen LogP contribution in [0.25, 0.3) is 10.6 Å². The van der Waals surface area contributed by atoms with Crippen molar-refractivity contribution in [3.63, 3.8) is 0 Å². The zero-order valence-electron chi connectivity index (χ0n) is 15.6. The van der Waals surface area contributed by atoms with E-state index < -0.39 is 10.0 Å². The maximum atomic E-state index is 12.9. The van der Waals surface area contributed by atoms with Crippen molar-refractivity contribution in [3.05, 3.63) is 52.2 Å². The lowest BCUT2D eigenvalue weighted by Gasteiger charge is -2.26. The molecule has 0 aliphatic carbocycles. The van der Waals surface area contributed by atoms with Crippen LogP contribution in [0.5, 0.6) is 0 Å². The fraction of sp³-hybridized carbons (Fsp3) is 0.263. The summed E-state index contributed by atoms with van der Waals surface area (Å²) in [6.45, 7) is 3.13. The third-order valence-electron chi connectivity index (χ3n) is 4.56. The van der Waals surface area contributed by atoms with Crippen LogP contribution in [0.3, 0.4) is 0 Å². The number of aryl methyl sites for hydroxylation is 1. The molecule has 0 unspecified atom stereocenters. The Morgan fingerprint density at radius 2 is 2.00 bits per heavy atom. The molecule has 152 valence electrons. The van der Waals surface area contributed by atoms with Crippen molar-refractivity contribution in [1.29, 1.82) is 0 Å². The van der Waals surface area contributed by atoms with Gasteiger partial charge < -0.3 is 4.74 Å². The monoisotopic (exact) mass is 449 g/mol. The normalized spacial score (nSPS) is 15.3. The molecule has 0 saturated carbocycles. The van der Waals surface area contributed by atoms with Gasteiger partial charge in [0.25, 0.3) is 5.91 Å². The van der Waals surface area contributed by atoms with Gasteiger partial charge in [0.2, 0.25) is 10.0 Å². The Balaban J connectivity index is 1.56. The van der Waals surface area contributed by atoms with Gasteiger partial charge in [-0.05, 0) is 36.1 Å². The second kappa shape index (κ2) is 8.33. The quantitative estimate of drug-likeness (QED) is 0.644. The SMILES string of the molecule is Cc1ccc(S(=O)(=O)N2CCOCC2)cc1C(=O)Nc1nc(-c2cccs2)cs1. The first kappa shape index (κ1) is 20.2. The molecule has 2 aromatic heterocycles. The van der Waals surface area contributed by atoms with E-state index in [1.807, 2.05) is 22.9 Å². The van der Waals surface area contributed by atoms with Gasteiger partial charge in [-0.15, -0.1) is 22.7 Å². The smallest absolute Gasteiger partial charge is 0.257 e. The summed E-state index contributed by atoms with van der Waals surface area (Å²) in [5.41, 5.74) is 1.81. The lowest BCUT2D eigenvalue weighted by Crippen LogP contribution is -2.40. The molecule has 0 atom stereocenters. The van der Waals surface area contributed by atoms with E-state index in [1.165, 1.54) is 27.8 Å². The van der Waals surface area contributed by atoms with Crippen LogP contribution in [0.4, 0.5) is 5.13 Å². The highest BCUT2D eigenvalue weighted by molar-refractivity contribution is 7.89. The molecular weight excluding hydrogens is 430 g/mol. The summed E-state index contributed by atoms with van der Waals surface area (Å²) in [5, 5.41) is 7.11. The molecule has 1 N–H and O–H groups in total. The van der Waals surface area contributed by atoms with E-state index in [9.17, 15) is 13.2 Å². The molecule has 29 heavy (non-hydrogen) atoms. The number of hydrogen-bond acceptors (Lipinski definition) is 7. The highest BCUT2D eigenvalue weighted by atomic mass is 32.2. The zero-order valence-corrected chi connectivity index (χ0v) is 18.1. The van der Waals surface area contributed by atoms with Crippen LogP contribution in [-0.2, 0) is 14.8 Å². The topological polar surface area (TPSA) is 88.6 Å². The number of amides is 1. The van der Waals surface area contributed by atoms with Crippen molar-refractivity contribution >= 4 is 43.7 Å². The van der Waals surface area contributed by atoms with Gasteiger partial charge in [-0.25, -0.2) is 13.4 Å². The lowest BCUT2D eigenvalue weighted by molar-refractivity contribution is 0.0730. The van der Waals surface area contributed by atoms with Gasteiger partial charge >= 0.3 is 0 Å². The van der Waals surface area contributed by atoms with Crippen molar-refractivity contribution < 1.29 is 17.9 Å². The molecule has 0 bridgehead atoms. The van der Waals surface area contributed by atoms with Crippen molar-refractivity contribution in [2.24, 2.45) is 0 Å². The van der Waals surface area contributed by atoms with Crippen LogP contribution in [0.15, 0.2) is 46.0 Å². The number of ether oxygens (including phenoxy) is 1. The number of benzene rings is 1. The van der Waals surface area contributed by atoms with E-state index in [1.54, 1.807) is 24.3 Å². The summed E-state index contributed by atoms with van der Waals surface area (Å²) in [6.07, 6.45) is 0. The maximum absolute atomic E-state index is 12.9. The van der Waals surface area contributed by atoms with Crippen LogP contribution in [0.2, 0.25) is 0 Å². The summed E-state index contributed by atoms with van der Waals surface area (Å²) in [7, 11) is -3.67. The molecule has 10 heteroatoms. The second-order valence-corrected chi connectivity index (χ2v) is 10.2. The summed E-state index contributed by atoms with van der Waals surface area (Å²) in [6, 6.07) is 8.54. The first-order valence-corrected chi connectivity index (χ1v) is 12.1. The largest absolute Gasteiger partial charge is 0.379 e. The summed E-state index contributed by atoms with van der Waals surface area (Å²) < 4.78 is 32.4. The highest BCUT2D eigenvalue weighted by Gasteiger charge is 2.27. The van der Waals surface area contributed by atoms with E-state index in [4.69, 9.17) is 4.74 Å². The number of nitrogens with one attached hydrogen (secondary N) is 1. The lowest BCUT2D eigenvalue weighted by atomic mass is 10.1. The Hall–Kier alpha value is -2.11. The first-order chi connectivity index (χ1) is 13.9. The van der Waals surface area contributed by atoms with Crippen LogP contribution in [-0.4, -0.2) is 49.9 Å². The number of carbonyl (C=O) groups is 1. The Kier molecular flexibility index (Phi) is 5.79. The Bertz CT molecular complexity index is 1120. The molecule has 1 aliphatic rings. The number of anilines is 1. The number of sulfonamides is 1. The minimum absolute atomic E-state index is 0.105. The molecule has 3 heterocycles. The fourth-order valence-electron chi connectivity index (χ4n) is 2.98. The van der Waals surface area contributed by atoms with Crippen LogP contribution in [0.1, 0.15) is 15.9 Å². The molecule has 3 aromatic rings. The Labute approximate surface area is 177 Å². The minimum Gasteiger partial charge on any atom is -0.379 e. The van der Waals surface area contributed by atoms with Gasteiger partial charge in [-0.1, -0.05) is 12.1 Å². The van der Waals surface area contributed by atoms with E-state index in [2.05, 4.69) is 10.3 Å². The molecule has 4 rings (SSSR count). The maximum Gasteiger partial charge on any atom is 0.257 e. The molecule has 1 aromatic carbocycles. The number of hydrogen-bond donors (Lipinski definition) is 1. The molecule has 1 fully saturated rings. The molecule has 1 aliphatic heterocycles. The van der Waals surface area contributed by atoms with Gasteiger partial charge in [0.1, 0.15) is 0 Å². The molecule has 1 saturated heterocycles. The van der Waals surface area contributed by atoms with Crippen LogP contribution < -0.4 is 5.32 Å². The Morgan fingerprint density at radius 3 is 2.72 bits per heavy atom. The van der Waals surface area contributed by atoms with E-state index in [0.717, 1.165) is 10.6 Å². The molecule has 0 radical (unpaired) electrons. The molecule has 0 spiro atoms. The van der Waals surface area contributed by atoms with Crippen LogP contribution >= 0.6 is 22.7 Å². The van der Waals surface area contributed by atoms with Gasteiger partial charge in [-0.3, -0.25) is 10.1 Å². The number of thiophene rings is 1. The summed E-state index contributed by atoms with van der Waals surface area (Å²) >= 11 is 2.91. The van der Waals surface area contributed by atoms with Gasteiger partial charge in [-0.2, -0.15) is 4.31 Å². The average molecular weight is 450 g/mol.